The third-order valence-corrected chi connectivity index (χ3v) is 6.34. The Bertz CT molecular complexity index is 1200. The van der Waals surface area contributed by atoms with Crippen molar-refractivity contribution < 1.29 is 14.4 Å². The van der Waals surface area contributed by atoms with Crippen molar-refractivity contribution in [2.24, 2.45) is 5.92 Å². The van der Waals surface area contributed by atoms with E-state index in [0.717, 1.165) is 42.7 Å². The highest BCUT2D eigenvalue weighted by molar-refractivity contribution is 6.01. The average Bonchev–Trinajstić information content (AvgIpc) is 3.29. The maximum atomic E-state index is 13.0. The second kappa shape index (κ2) is 9.01. The van der Waals surface area contributed by atoms with Crippen LogP contribution < -0.4 is 10.6 Å². The van der Waals surface area contributed by atoms with Gasteiger partial charge in [0.05, 0.1) is 23.0 Å². The number of anilines is 1. The molecule has 9 heteroatoms. The van der Waals surface area contributed by atoms with Gasteiger partial charge in [0, 0.05) is 43.7 Å². The summed E-state index contributed by atoms with van der Waals surface area (Å²) in [5, 5.41) is 10.0. The number of rotatable bonds is 4. The van der Waals surface area contributed by atoms with Crippen LogP contribution in [0, 0.1) is 5.92 Å². The molecule has 2 aliphatic rings. The Hall–Kier alpha value is -3.75. The lowest BCUT2D eigenvalue weighted by molar-refractivity contribution is -0.129. The summed E-state index contributed by atoms with van der Waals surface area (Å²) in [6, 6.07) is 9.32. The number of likely N-dealkylation sites (tertiary alicyclic amines) is 1. The molecule has 5 rings (SSSR count). The summed E-state index contributed by atoms with van der Waals surface area (Å²) >= 11 is 0. The average molecular weight is 447 g/mol. The molecule has 9 nitrogen and oxygen atoms in total. The Balaban J connectivity index is 1.35. The lowest BCUT2D eigenvalue weighted by Gasteiger charge is -2.26. The summed E-state index contributed by atoms with van der Waals surface area (Å²) in [5.74, 6) is -0.179. The van der Waals surface area contributed by atoms with Crippen LogP contribution in [0.15, 0.2) is 42.7 Å². The number of carbonyl (C=O) groups excluding carboxylic acids is 3. The summed E-state index contributed by atoms with van der Waals surface area (Å²) in [4.78, 5) is 43.3. The molecule has 0 spiro atoms. The van der Waals surface area contributed by atoms with Crippen molar-refractivity contribution in [3.63, 3.8) is 0 Å². The number of hydrogen-bond acceptors (Lipinski definition) is 5. The van der Waals surface area contributed by atoms with Crippen LogP contribution in [0.1, 0.15) is 42.5 Å². The van der Waals surface area contributed by atoms with Crippen molar-refractivity contribution in [3.05, 3.63) is 48.3 Å². The Morgan fingerprint density at radius 3 is 2.67 bits per heavy atom. The van der Waals surface area contributed by atoms with E-state index in [1.54, 1.807) is 23.0 Å². The molecule has 2 aliphatic heterocycles. The van der Waals surface area contributed by atoms with Crippen molar-refractivity contribution in [1.29, 1.82) is 0 Å². The van der Waals surface area contributed by atoms with E-state index in [4.69, 9.17) is 0 Å². The Kier molecular flexibility index (Phi) is 5.77. The van der Waals surface area contributed by atoms with Crippen molar-refractivity contribution in [2.45, 2.75) is 32.1 Å². The smallest absolute Gasteiger partial charge is 0.257 e. The quantitative estimate of drug-likeness (QED) is 0.640. The fourth-order valence-corrected chi connectivity index (χ4v) is 4.52. The topological polar surface area (TPSA) is 109 Å². The first kappa shape index (κ1) is 21.1. The summed E-state index contributed by atoms with van der Waals surface area (Å²) in [5.41, 5.74) is 2.98. The molecule has 0 bridgehead atoms. The zero-order valence-corrected chi connectivity index (χ0v) is 18.3. The molecule has 0 saturated carbocycles. The Labute approximate surface area is 191 Å². The molecular formula is C24H26N6O3. The molecule has 170 valence electrons. The normalized spacial score (nSPS) is 18.7. The van der Waals surface area contributed by atoms with Crippen LogP contribution in [0.4, 0.5) is 5.82 Å². The molecule has 1 atom stereocenters. The van der Waals surface area contributed by atoms with E-state index < -0.39 is 0 Å². The van der Waals surface area contributed by atoms with Gasteiger partial charge >= 0.3 is 0 Å². The van der Waals surface area contributed by atoms with Gasteiger partial charge in [-0.3, -0.25) is 14.4 Å². The Morgan fingerprint density at radius 1 is 1.06 bits per heavy atom. The zero-order valence-electron chi connectivity index (χ0n) is 18.3. The number of fused-ring (bicyclic) bond motifs is 1. The standard InChI is InChI=1S/C24H26N6O3/c31-22-13-16(9-10-25-22)23(32)28-21-8-7-17(14-26-21)19-5-4-6-20-18(15-27-30(19)20)24(33)29-11-2-1-3-12-29/h4-8,14-16H,1-3,9-13H2,(H,25,31)(H,26,28,32). The van der Waals surface area contributed by atoms with Crippen LogP contribution in [0.5, 0.6) is 0 Å². The summed E-state index contributed by atoms with van der Waals surface area (Å²) < 4.78 is 1.76. The van der Waals surface area contributed by atoms with Gasteiger partial charge < -0.3 is 15.5 Å². The third kappa shape index (κ3) is 4.30. The number of pyridine rings is 2. The van der Waals surface area contributed by atoms with Gasteiger partial charge in [0.2, 0.25) is 11.8 Å². The molecule has 2 saturated heterocycles. The molecular weight excluding hydrogens is 420 g/mol. The van der Waals surface area contributed by atoms with Gasteiger partial charge in [-0.2, -0.15) is 5.10 Å². The fourth-order valence-electron chi connectivity index (χ4n) is 4.52. The number of carbonyl (C=O) groups is 3. The van der Waals surface area contributed by atoms with E-state index in [-0.39, 0.29) is 30.1 Å². The number of nitrogens with zero attached hydrogens (tertiary/aromatic N) is 4. The van der Waals surface area contributed by atoms with E-state index in [1.165, 1.54) is 6.42 Å². The minimum absolute atomic E-state index is 0.0226. The van der Waals surface area contributed by atoms with Gasteiger partial charge in [-0.1, -0.05) is 6.07 Å². The summed E-state index contributed by atoms with van der Waals surface area (Å²) in [6.45, 7) is 2.09. The first-order valence-corrected chi connectivity index (χ1v) is 11.4. The molecule has 3 aromatic heterocycles. The van der Waals surface area contributed by atoms with E-state index in [1.807, 2.05) is 29.2 Å². The van der Waals surface area contributed by atoms with Gasteiger partial charge in [-0.15, -0.1) is 0 Å². The molecule has 3 aromatic rings. The first-order valence-electron chi connectivity index (χ1n) is 11.4. The largest absolute Gasteiger partial charge is 0.356 e. The predicted octanol–water partition coefficient (Wildman–Crippen LogP) is 2.49. The minimum atomic E-state index is -0.339. The molecule has 0 aliphatic carbocycles. The molecule has 2 fully saturated rings. The lowest BCUT2D eigenvalue weighted by Crippen LogP contribution is -2.38. The number of nitrogens with one attached hydrogen (secondary N) is 2. The van der Waals surface area contributed by atoms with Crippen molar-refractivity contribution in [1.82, 2.24) is 24.8 Å². The van der Waals surface area contributed by atoms with E-state index >= 15 is 0 Å². The van der Waals surface area contributed by atoms with Crippen LogP contribution in [-0.2, 0) is 9.59 Å². The fraction of sp³-hybridized carbons (Fsp3) is 0.375. The maximum absolute atomic E-state index is 13.0. The monoisotopic (exact) mass is 446 g/mol. The van der Waals surface area contributed by atoms with Crippen LogP contribution in [0.3, 0.4) is 0 Å². The van der Waals surface area contributed by atoms with E-state index in [9.17, 15) is 14.4 Å². The molecule has 5 heterocycles. The van der Waals surface area contributed by atoms with E-state index in [0.29, 0.717) is 24.3 Å². The van der Waals surface area contributed by atoms with Gasteiger partial charge in [0.1, 0.15) is 5.82 Å². The highest BCUT2D eigenvalue weighted by atomic mass is 16.2. The van der Waals surface area contributed by atoms with E-state index in [2.05, 4.69) is 20.7 Å². The van der Waals surface area contributed by atoms with Gasteiger partial charge in [-0.25, -0.2) is 9.50 Å². The van der Waals surface area contributed by atoms with Gasteiger partial charge in [-0.05, 0) is 49.9 Å². The zero-order chi connectivity index (χ0) is 22.8. The minimum Gasteiger partial charge on any atom is -0.356 e. The molecule has 1 unspecified atom stereocenters. The van der Waals surface area contributed by atoms with Crippen LogP contribution >= 0.6 is 0 Å². The molecule has 2 N–H and O–H groups in total. The molecule has 0 aromatic carbocycles. The lowest BCUT2D eigenvalue weighted by atomic mass is 9.97. The second-order valence-corrected chi connectivity index (χ2v) is 8.58. The van der Waals surface area contributed by atoms with Gasteiger partial charge in [0.25, 0.3) is 5.91 Å². The molecule has 3 amide bonds. The first-order chi connectivity index (χ1) is 16.1. The van der Waals surface area contributed by atoms with Crippen molar-refractivity contribution in [2.75, 3.05) is 25.0 Å². The highest BCUT2D eigenvalue weighted by Gasteiger charge is 2.26. The number of piperidine rings is 2. The van der Waals surface area contributed by atoms with Crippen LogP contribution in [0.2, 0.25) is 0 Å². The van der Waals surface area contributed by atoms with Crippen molar-refractivity contribution in [3.8, 4) is 11.3 Å². The predicted molar refractivity (Wildman–Crippen MR) is 123 cm³/mol. The third-order valence-electron chi connectivity index (χ3n) is 6.34. The highest BCUT2D eigenvalue weighted by Crippen LogP contribution is 2.24. The summed E-state index contributed by atoms with van der Waals surface area (Å²) in [7, 11) is 0. The SMILES string of the molecule is O=C1CC(C(=O)Nc2ccc(-c3cccc4c(C(=O)N5CCCCC5)cnn34)cn2)CCN1. The van der Waals surface area contributed by atoms with Gasteiger partial charge in [0.15, 0.2) is 0 Å². The summed E-state index contributed by atoms with van der Waals surface area (Å²) in [6.07, 6.45) is 7.38. The second-order valence-electron chi connectivity index (χ2n) is 8.58. The number of hydrogen-bond donors (Lipinski definition) is 2. The Morgan fingerprint density at radius 2 is 1.91 bits per heavy atom. The number of amides is 3. The molecule has 0 radical (unpaired) electrons. The van der Waals surface area contributed by atoms with Crippen LogP contribution in [0.25, 0.3) is 16.8 Å². The molecule has 33 heavy (non-hydrogen) atoms. The maximum Gasteiger partial charge on any atom is 0.257 e. The number of aromatic nitrogens is 3. The van der Waals surface area contributed by atoms with Crippen LogP contribution in [-0.4, -0.2) is 56.9 Å². The van der Waals surface area contributed by atoms with Crippen molar-refractivity contribution >= 4 is 29.1 Å².